The van der Waals surface area contributed by atoms with Crippen LogP contribution in [-0.2, 0) is 13.6 Å². The van der Waals surface area contributed by atoms with Crippen molar-refractivity contribution in [2.45, 2.75) is 13.7 Å². The van der Waals surface area contributed by atoms with E-state index in [1.807, 2.05) is 0 Å². The highest BCUT2D eigenvalue weighted by atomic mass is 31.2. The van der Waals surface area contributed by atoms with Gasteiger partial charge in [-0.2, -0.15) is 0 Å². The minimum atomic E-state index is -5.56. The van der Waals surface area contributed by atoms with Gasteiger partial charge in [0.2, 0.25) is 0 Å². The fourth-order valence-corrected chi connectivity index (χ4v) is 1.64. The van der Waals surface area contributed by atoms with E-state index in [0.717, 1.165) is 24.3 Å². The van der Waals surface area contributed by atoms with Crippen LogP contribution in [0.3, 0.4) is 0 Å². The van der Waals surface area contributed by atoms with Crippen molar-refractivity contribution in [2.24, 2.45) is 0 Å². The Morgan fingerprint density at radius 3 is 2.33 bits per heavy atom. The van der Waals surface area contributed by atoms with Crippen molar-refractivity contribution >= 4 is 13.5 Å². The van der Waals surface area contributed by atoms with Crippen LogP contribution in [-0.4, -0.2) is 18.0 Å². The van der Waals surface area contributed by atoms with Crippen LogP contribution in [0.2, 0.25) is 0 Å². The SMILES string of the molecule is [2H]C([2H])([2H])C([2H])([2H])OP(=O)(Oc1ccc([N+](=O)[O-])cc1)OC([2H])([2H])C([2H])([2H])[2H]. The number of nitro groups is 1. The van der Waals surface area contributed by atoms with E-state index in [0.29, 0.717) is 0 Å². The Balaban J connectivity index is 3.31. The Bertz CT molecular complexity index is 729. The molecule has 0 saturated heterocycles. The van der Waals surface area contributed by atoms with Gasteiger partial charge in [-0.05, 0) is 25.8 Å². The van der Waals surface area contributed by atoms with Crippen LogP contribution in [0.1, 0.15) is 27.4 Å². The molecule has 0 unspecified atom stereocenters. The minimum absolute atomic E-state index is 0.417. The van der Waals surface area contributed by atoms with Crippen LogP contribution in [0.5, 0.6) is 5.75 Å². The molecule has 0 bridgehead atoms. The first-order valence-electron chi connectivity index (χ1n) is 9.25. The van der Waals surface area contributed by atoms with Crippen molar-refractivity contribution in [3.05, 3.63) is 34.4 Å². The molecule has 0 amide bonds. The third-order valence-electron chi connectivity index (χ3n) is 1.58. The summed E-state index contributed by atoms with van der Waals surface area (Å²) in [6, 6.07) is 3.45. The lowest BCUT2D eigenvalue weighted by atomic mass is 10.3. The van der Waals surface area contributed by atoms with Gasteiger partial charge in [-0.25, -0.2) is 4.57 Å². The molecule has 0 aliphatic heterocycles. The molecule has 0 aliphatic rings. The maximum absolute atomic E-state index is 12.7. The van der Waals surface area contributed by atoms with E-state index in [2.05, 4.69) is 9.05 Å². The van der Waals surface area contributed by atoms with E-state index in [4.69, 9.17) is 18.2 Å². The fourth-order valence-electron chi connectivity index (χ4n) is 0.926. The molecule has 0 aromatic heterocycles. The van der Waals surface area contributed by atoms with E-state index < -0.39 is 51.0 Å². The largest absolute Gasteiger partial charge is 0.530 e. The van der Waals surface area contributed by atoms with Crippen LogP contribution in [0.25, 0.3) is 0 Å². The second-order valence-corrected chi connectivity index (χ2v) is 4.12. The highest BCUT2D eigenvalue weighted by molar-refractivity contribution is 7.48. The lowest BCUT2D eigenvalue weighted by molar-refractivity contribution is -0.384. The third-order valence-corrected chi connectivity index (χ3v) is 2.64. The summed E-state index contributed by atoms with van der Waals surface area (Å²) < 4.78 is 97.6. The zero-order valence-electron chi connectivity index (χ0n) is 18.7. The van der Waals surface area contributed by atoms with Crippen molar-refractivity contribution < 1.29 is 36.8 Å². The summed E-state index contributed by atoms with van der Waals surface area (Å²) in [5, 5.41) is 10.6. The second kappa shape index (κ2) is 6.49. The maximum Gasteiger partial charge on any atom is 0.530 e. The van der Waals surface area contributed by atoms with Crippen LogP contribution < -0.4 is 4.52 Å². The first-order chi connectivity index (χ1) is 12.3. The number of phosphoric ester groups is 1. The lowest BCUT2D eigenvalue weighted by Crippen LogP contribution is -2.02. The van der Waals surface area contributed by atoms with Crippen molar-refractivity contribution in [1.82, 2.24) is 0 Å². The zero-order valence-corrected chi connectivity index (χ0v) is 9.55. The number of benzene rings is 1. The van der Waals surface area contributed by atoms with Gasteiger partial charge in [0.25, 0.3) is 5.69 Å². The summed E-state index contributed by atoms with van der Waals surface area (Å²) in [6.07, 6.45) is 0. The molecule has 1 aromatic rings. The van der Waals surface area contributed by atoms with Crippen molar-refractivity contribution in [3.63, 3.8) is 0 Å². The number of hydrogen-bond donors (Lipinski definition) is 0. The maximum atomic E-state index is 12.7. The molecule has 0 spiro atoms. The first-order valence-corrected chi connectivity index (χ1v) is 5.71. The average molecular weight is 285 g/mol. The standard InChI is InChI=1S/C10H14NO6P/c1-3-15-18(14,16-4-2)17-10-7-5-9(6-8-10)11(12)13/h5-8H,3-4H2,1-2H3/i1D3,2D3,3D2,4D2. The van der Waals surface area contributed by atoms with E-state index in [9.17, 15) is 14.7 Å². The molecular weight excluding hydrogens is 261 g/mol. The molecule has 1 rings (SSSR count). The van der Waals surface area contributed by atoms with Gasteiger partial charge in [0.05, 0.1) is 23.5 Å². The first kappa shape index (κ1) is 5.69. The summed E-state index contributed by atoms with van der Waals surface area (Å²) in [4.78, 5) is 9.85. The monoisotopic (exact) mass is 285 g/mol. The minimum Gasteiger partial charge on any atom is -0.404 e. The quantitative estimate of drug-likeness (QED) is 0.434. The van der Waals surface area contributed by atoms with Crippen LogP contribution in [0.4, 0.5) is 5.69 Å². The van der Waals surface area contributed by atoms with Gasteiger partial charge in [-0.1, -0.05) is 0 Å². The van der Waals surface area contributed by atoms with Crippen LogP contribution in [0.15, 0.2) is 24.3 Å². The Kier molecular flexibility index (Phi) is 2.05. The number of phosphoric acid groups is 1. The summed E-state index contributed by atoms with van der Waals surface area (Å²) in [5.41, 5.74) is -0.417. The highest BCUT2D eigenvalue weighted by Crippen LogP contribution is 2.49. The van der Waals surface area contributed by atoms with Gasteiger partial charge >= 0.3 is 7.82 Å². The number of hydrogen-bond acceptors (Lipinski definition) is 6. The molecule has 100 valence electrons. The summed E-state index contributed by atoms with van der Waals surface area (Å²) in [7, 11) is -5.56. The fraction of sp³-hybridized carbons (Fsp3) is 0.400. The van der Waals surface area contributed by atoms with Gasteiger partial charge in [-0.15, -0.1) is 0 Å². The number of nitrogens with zero attached hydrogens (tertiary/aromatic N) is 1. The number of rotatable bonds is 7. The third kappa shape index (κ3) is 4.10. The number of nitro benzene ring substituents is 1. The predicted molar refractivity (Wildman–Crippen MR) is 64.6 cm³/mol. The molecule has 0 aliphatic carbocycles. The van der Waals surface area contributed by atoms with E-state index in [1.54, 1.807) is 0 Å². The Morgan fingerprint density at radius 2 is 1.89 bits per heavy atom. The molecule has 1 aromatic carbocycles. The van der Waals surface area contributed by atoms with Crippen molar-refractivity contribution in [2.75, 3.05) is 13.1 Å². The topological polar surface area (TPSA) is 87.9 Å². The highest BCUT2D eigenvalue weighted by Gasteiger charge is 2.27. The molecular formula is C10H14NO6P. The van der Waals surface area contributed by atoms with E-state index in [-0.39, 0.29) is 0 Å². The van der Waals surface area contributed by atoms with E-state index >= 15 is 0 Å². The molecule has 0 radical (unpaired) electrons. The van der Waals surface area contributed by atoms with Crippen molar-refractivity contribution in [1.29, 1.82) is 0 Å². The number of non-ortho nitro benzene ring substituents is 1. The van der Waals surface area contributed by atoms with Crippen LogP contribution in [0, 0.1) is 10.1 Å². The van der Waals surface area contributed by atoms with Gasteiger partial charge in [0.15, 0.2) is 0 Å². The van der Waals surface area contributed by atoms with Crippen molar-refractivity contribution in [3.8, 4) is 5.75 Å². The van der Waals surface area contributed by atoms with Gasteiger partial charge in [0, 0.05) is 20.4 Å². The van der Waals surface area contributed by atoms with E-state index in [1.165, 1.54) is 0 Å². The van der Waals surface area contributed by atoms with Gasteiger partial charge in [0.1, 0.15) is 5.75 Å². The second-order valence-electron chi connectivity index (χ2n) is 2.68. The average Bonchev–Trinajstić information content (AvgIpc) is 2.43. The molecule has 8 heteroatoms. The van der Waals surface area contributed by atoms with Gasteiger partial charge < -0.3 is 4.52 Å². The zero-order chi connectivity index (χ0) is 22.2. The Hall–Kier alpha value is -1.43. The summed E-state index contributed by atoms with van der Waals surface area (Å²) >= 11 is 0. The molecule has 7 nitrogen and oxygen atoms in total. The predicted octanol–water partition coefficient (Wildman–Crippen LogP) is 3.15. The lowest BCUT2D eigenvalue weighted by Gasteiger charge is -2.16. The molecule has 0 heterocycles. The molecule has 0 fully saturated rings. The molecule has 0 N–H and O–H groups in total. The van der Waals surface area contributed by atoms with Crippen LogP contribution >= 0.6 is 7.82 Å². The normalized spacial score (nSPS) is 22.4. The Morgan fingerprint density at radius 1 is 1.33 bits per heavy atom. The smallest absolute Gasteiger partial charge is 0.404 e. The van der Waals surface area contributed by atoms with Gasteiger partial charge in [-0.3, -0.25) is 19.2 Å². The molecule has 0 saturated carbocycles. The molecule has 18 heavy (non-hydrogen) atoms. The summed E-state index contributed by atoms with van der Waals surface area (Å²) in [6.45, 7) is -14.4. The Labute approximate surface area is 118 Å². The summed E-state index contributed by atoms with van der Waals surface area (Å²) in [5.74, 6) is -0.531. The molecule has 0 atom stereocenters.